The molecular weight excluding hydrogens is 166 g/mol. The second kappa shape index (κ2) is 4.44. The van der Waals surface area contributed by atoms with Gasteiger partial charge in [-0.2, -0.15) is 0 Å². The molecule has 3 nitrogen and oxygen atoms in total. The van der Waals surface area contributed by atoms with Crippen molar-refractivity contribution in [2.45, 2.75) is 38.8 Å². The van der Waals surface area contributed by atoms with Crippen LogP contribution in [-0.2, 0) is 0 Å². The van der Waals surface area contributed by atoms with E-state index in [1.807, 2.05) is 6.92 Å². The molecule has 2 atom stereocenters. The van der Waals surface area contributed by atoms with E-state index in [0.717, 1.165) is 24.0 Å². The maximum absolute atomic E-state index is 9.80. The molecule has 1 rings (SSSR count). The van der Waals surface area contributed by atoms with Crippen LogP contribution in [0.25, 0.3) is 0 Å². The molecule has 1 aromatic rings. The molecule has 0 fully saturated rings. The Morgan fingerprint density at radius 1 is 1.54 bits per heavy atom. The lowest BCUT2D eigenvalue weighted by molar-refractivity contribution is 0.140. The zero-order valence-electron chi connectivity index (χ0n) is 8.16. The lowest BCUT2D eigenvalue weighted by atomic mass is 9.99. The van der Waals surface area contributed by atoms with E-state index in [-0.39, 0.29) is 6.04 Å². The van der Waals surface area contributed by atoms with Crippen molar-refractivity contribution in [3.8, 4) is 0 Å². The predicted molar refractivity (Wildman–Crippen MR) is 51.3 cm³/mol. The molecule has 0 amide bonds. The van der Waals surface area contributed by atoms with Gasteiger partial charge in [0.25, 0.3) is 0 Å². The first-order valence-electron chi connectivity index (χ1n) is 4.63. The molecule has 3 N–H and O–H groups in total. The van der Waals surface area contributed by atoms with Gasteiger partial charge in [0.15, 0.2) is 0 Å². The molecule has 0 aliphatic carbocycles. The van der Waals surface area contributed by atoms with Gasteiger partial charge in [-0.15, -0.1) is 0 Å². The number of nitrogens with two attached hydrogens (primary N) is 1. The first kappa shape index (κ1) is 10.3. The summed E-state index contributed by atoms with van der Waals surface area (Å²) in [4.78, 5) is 0. The van der Waals surface area contributed by atoms with Crippen LogP contribution < -0.4 is 5.73 Å². The van der Waals surface area contributed by atoms with Crippen molar-refractivity contribution in [2.75, 3.05) is 0 Å². The van der Waals surface area contributed by atoms with Gasteiger partial charge < -0.3 is 15.3 Å². The molecule has 2 unspecified atom stereocenters. The van der Waals surface area contributed by atoms with Gasteiger partial charge in [0.2, 0.25) is 0 Å². The molecule has 0 aliphatic rings. The summed E-state index contributed by atoms with van der Waals surface area (Å²) in [5.41, 5.74) is 7.56. The molecule has 0 radical (unpaired) electrons. The van der Waals surface area contributed by atoms with Gasteiger partial charge in [0, 0.05) is 11.6 Å². The van der Waals surface area contributed by atoms with E-state index in [0.29, 0.717) is 0 Å². The Kier molecular flexibility index (Phi) is 3.51. The average molecular weight is 183 g/mol. The molecule has 3 heteroatoms. The molecule has 1 aromatic heterocycles. The SMILES string of the molecule is CCCC(N)C(O)c1cocc1C. The minimum atomic E-state index is -0.598. The molecule has 1 heterocycles. The van der Waals surface area contributed by atoms with Crippen LogP contribution in [-0.4, -0.2) is 11.1 Å². The second-order valence-corrected chi connectivity index (χ2v) is 3.41. The third kappa shape index (κ3) is 2.32. The van der Waals surface area contributed by atoms with Crippen LogP contribution >= 0.6 is 0 Å². The van der Waals surface area contributed by atoms with Crippen molar-refractivity contribution in [1.29, 1.82) is 0 Å². The minimum Gasteiger partial charge on any atom is -0.472 e. The number of rotatable bonds is 4. The summed E-state index contributed by atoms with van der Waals surface area (Å²) in [5.74, 6) is 0. The number of hydrogen-bond acceptors (Lipinski definition) is 3. The Labute approximate surface area is 78.5 Å². The summed E-state index contributed by atoms with van der Waals surface area (Å²) in [5, 5.41) is 9.80. The van der Waals surface area contributed by atoms with Gasteiger partial charge in [0.05, 0.1) is 18.6 Å². The maximum atomic E-state index is 9.80. The van der Waals surface area contributed by atoms with E-state index >= 15 is 0 Å². The molecular formula is C10H17NO2. The molecule has 0 bridgehead atoms. The molecule has 0 saturated heterocycles. The van der Waals surface area contributed by atoms with E-state index < -0.39 is 6.10 Å². The van der Waals surface area contributed by atoms with Crippen LogP contribution in [0, 0.1) is 6.92 Å². The molecule has 13 heavy (non-hydrogen) atoms. The van der Waals surface area contributed by atoms with Gasteiger partial charge in [-0.05, 0) is 18.9 Å². The highest BCUT2D eigenvalue weighted by atomic mass is 16.3. The van der Waals surface area contributed by atoms with Crippen molar-refractivity contribution >= 4 is 0 Å². The van der Waals surface area contributed by atoms with E-state index in [1.165, 1.54) is 0 Å². The summed E-state index contributed by atoms with van der Waals surface area (Å²) in [7, 11) is 0. The topological polar surface area (TPSA) is 59.4 Å². The first-order valence-corrected chi connectivity index (χ1v) is 4.63. The second-order valence-electron chi connectivity index (χ2n) is 3.41. The highest BCUT2D eigenvalue weighted by Crippen LogP contribution is 2.22. The van der Waals surface area contributed by atoms with Gasteiger partial charge in [-0.25, -0.2) is 0 Å². The number of furan rings is 1. The summed E-state index contributed by atoms with van der Waals surface area (Å²) in [6.07, 6.45) is 4.40. The Bertz CT molecular complexity index is 257. The van der Waals surface area contributed by atoms with E-state index in [1.54, 1.807) is 12.5 Å². The Morgan fingerprint density at radius 3 is 2.69 bits per heavy atom. The number of aryl methyl sites for hydroxylation is 1. The Morgan fingerprint density at radius 2 is 2.23 bits per heavy atom. The average Bonchev–Trinajstić information content (AvgIpc) is 2.50. The minimum absolute atomic E-state index is 0.193. The summed E-state index contributed by atoms with van der Waals surface area (Å²) >= 11 is 0. The predicted octanol–water partition coefficient (Wildman–Crippen LogP) is 1.75. The normalized spacial score (nSPS) is 15.7. The first-order chi connectivity index (χ1) is 6.16. The standard InChI is InChI=1S/C10H17NO2/c1-3-4-9(11)10(12)8-6-13-5-7(8)2/h5-6,9-10,12H,3-4,11H2,1-2H3. The van der Waals surface area contributed by atoms with E-state index in [4.69, 9.17) is 10.2 Å². The van der Waals surface area contributed by atoms with Crippen LogP contribution in [0.1, 0.15) is 37.0 Å². The monoisotopic (exact) mass is 183 g/mol. The lowest BCUT2D eigenvalue weighted by Crippen LogP contribution is -2.28. The molecule has 0 saturated carbocycles. The van der Waals surface area contributed by atoms with Crippen LogP contribution in [0.15, 0.2) is 16.9 Å². The fourth-order valence-electron chi connectivity index (χ4n) is 1.40. The fraction of sp³-hybridized carbons (Fsp3) is 0.600. The third-order valence-electron chi connectivity index (χ3n) is 2.24. The Hall–Kier alpha value is -0.800. The van der Waals surface area contributed by atoms with Crippen molar-refractivity contribution in [1.82, 2.24) is 0 Å². The highest BCUT2D eigenvalue weighted by molar-refractivity contribution is 5.22. The van der Waals surface area contributed by atoms with Gasteiger partial charge in [0.1, 0.15) is 0 Å². The van der Waals surface area contributed by atoms with Crippen molar-refractivity contribution in [2.24, 2.45) is 5.73 Å². The van der Waals surface area contributed by atoms with Crippen molar-refractivity contribution in [3.05, 3.63) is 23.7 Å². The zero-order chi connectivity index (χ0) is 9.84. The summed E-state index contributed by atoms with van der Waals surface area (Å²) < 4.78 is 4.98. The molecule has 0 aliphatic heterocycles. The Balaban J connectivity index is 2.67. The van der Waals surface area contributed by atoms with E-state index in [2.05, 4.69) is 6.92 Å². The van der Waals surface area contributed by atoms with Crippen LogP contribution in [0.3, 0.4) is 0 Å². The molecule has 0 aromatic carbocycles. The van der Waals surface area contributed by atoms with Gasteiger partial charge in [-0.1, -0.05) is 13.3 Å². The summed E-state index contributed by atoms with van der Waals surface area (Å²) in [6, 6.07) is -0.193. The van der Waals surface area contributed by atoms with Gasteiger partial charge in [-0.3, -0.25) is 0 Å². The number of hydrogen-bond donors (Lipinski definition) is 2. The van der Waals surface area contributed by atoms with Crippen LogP contribution in [0.4, 0.5) is 0 Å². The van der Waals surface area contributed by atoms with Gasteiger partial charge >= 0.3 is 0 Å². The number of aliphatic hydroxyl groups is 1. The van der Waals surface area contributed by atoms with Crippen molar-refractivity contribution in [3.63, 3.8) is 0 Å². The van der Waals surface area contributed by atoms with E-state index in [9.17, 15) is 5.11 Å². The van der Waals surface area contributed by atoms with Crippen molar-refractivity contribution < 1.29 is 9.52 Å². The number of aliphatic hydroxyl groups excluding tert-OH is 1. The smallest absolute Gasteiger partial charge is 0.0974 e. The molecule has 74 valence electrons. The quantitative estimate of drug-likeness (QED) is 0.747. The largest absolute Gasteiger partial charge is 0.472 e. The van der Waals surface area contributed by atoms with Crippen LogP contribution in [0.2, 0.25) is 0 Å². The highest BCUT2D eigenvalue weighted by Gasteiger charge is 2.18. The summed E-state index contributed by atoms with van der Waals surface area (Å²) in [6.45, 7) is 3.95. The zero-order valence-corrected chi connectivity index (χ0v) is 8.16. The maximum Gasteiger partial charge on any atom is 0.0974 e. The van der Waals surface area contributed by atoms with Crippen LogP contribution in [0.5, 0.6) is 0 Å². The molecule has 0 spiro atoms. The fourth-order valence-corrected chi connectivity index (χ4v) is 1.40. The lowest BCUT2D eigenvalue weighted by Gasteiger charge is -2.17. The third-order valence-corrected chi connectivity index (χ3v) is 2.24.